The molecule has 0 spiro atoms. The molecule has 1 nitrogen and oxygen atoms in total. The molecule has 0 fully saturated rings. The lowest BCUT2D eigenvalue weighted by molar-refractivity contribution is 0.321. The summed E-state index contributed by atoms with van der Waals surface area (Å²) < 4.78 is 5.64. The van der Waals surface area contributed by atoms with E-state index < -0.39 is 0 Å². The molecule has 0 N–H and O–H groups in total. The van der Waals surface area contributed by atoms with Crippen molar-refractivity contribution >= 4 is 10.8 Å². The monoisotopic (exact) mass is 185 g/mol. The molecule has 0 aromatic heterocycles. The highest BCUT2D eigenvalue weighted by Crippen LogP contribution is 2.24. The molecule has 0 heterocycles. The fraction of sp³-hybridized carbons (Fsp3) is 0.231. The predicted octanol–water partition coefficient (Wildman–Crippen LogP) is 3.43. The predicted molar refractivity (Wildman–Crippen MR) is 58.6 cm³/mol. The maximum atomic E-state index is 5.64. The number of hydrogen-bond donors (Lipinski definition) is 0. The summed E-state index contributed by atoms with van der Waals surface area (Å²) in [4.78, 5) is 0. The van der Waals surface area contributed by atoms with Crippen molar-refractivity contribution in [3.05, 3.63) is 42.5 Å². The summed E-state index contributed by atoms with van der Waals surface area (Å²) in [6.07, 6.45) is 1.03. The third-order valence-electron chi connectivity index (χ3n) is 2.12. The second-order valence-electron chi connectivity index (χ2n) is 3.24. The van der Waals surface area contributed by atoms with Gasteiger partial charge in [0.15, 0.2) is 0 Å². The first-order valence-corrected chi connectivity index (χ1v) is 4.94. The van der Waals surface area contributed by atoms with Crippen molar-refractivity contribution in [1.82, 2.24) is 0 Å². The van der Waals surface area contributed by atoms with E-state index in [-0.39, 0.29) is 0 Å². The van der Waals surface area contributed by atoms with Gasteiger partial charge in [-0.25, -0.2) is 0 Å². The third kappa shape index (κ3) is 1.72. The van der Waals surface area contributed by atoms with Crippen LogP contribution in [0.5, 0.6) is 5.75 Å². The van der Waals surface area contributed by atoms with E-state index in [1.165, 1.54) is 5.39 Å². The molecule has 2 aromatic rings. The van der Waals surface area contributed by atoms with Gasteiger partial charge >= 0.3 is 0 Å². The van der Waals surface area contributed by atoms with Crippen LogP contribution in [0.15, 0.2) is 36.4 Å². The highest BCUT2D eigenvalue weighted by Gasteiger charge is 1.99. The zero-order chi connectivity index (χ0) is 9.80. The van der Waals surface area contributed by atoms with Crippen molar-refractivity contribution in [3.8, 4) is 5.75 Å². The molecule has 0 saturated heterocycles. The Labute approximate surface area is 84.3 Å². The minimum absolute atomic E-state index is 0.766. The summed E-state index contributed by atoms with van der Waals surface area (Å²) >= 11 is 0. The Hall–Kier alpha value is -1.50. The second-order valence-corrected chi connectivity index (χ2v) is 3.24. The Kier molecular flexibility index (Phi) is 2.68. The van der Waals surface area contributed by atoms with E-state index in [1.54, 1.807) is 0 Å². The molecule has 2 aromatic carbocycles. The molecule has 0 bridgehead atoms. The van der Waals surface area contributed by atoms with Crippen LogP contribution in [0.1, 0.15) is 13.3 Å². The van der Waals surface area contributed by atoms with Gasteiger partial charge in [0.05, 0.1) is 6.61 Å². The van der Waals surface area contributed by atoms with Crippen LogP contribution in [0.25, 0.3) is 10.8 Å². The van der Waals surface area contributed by atoms with Gasteiger partial charge in [0.25, 0.3) is 0 Å². The van der Waals surface area contributed by atoms with E-state index in [4.69, 9.17) is 4.74 Å². The Morgan fingerprint density at radius 2 is 2.07 bits per heavy atom. The summed E-state index contributed by atoms with van der Waals surface area (Å²) in [6.45, 7) is 2.87. The molecule has 0 aliphatic carbocycles. The fourth-order valence-corrected chi connectivity index (χ4v) is 1.46. The molecule has 0 aliphatic rings. The van der Waals surface area contributed by atoms with Gasteiger partial charge in [-0.2, -0.15) is 0 Å². The van der Waals surface area contributed by atoms with Crippen molar-refractivity contribution in [1.29, 1.82) is 0 Å². The Morgan fingerprint density at radius 3 is 2.93 bits per heavy atom. The smallest absolute Gasteiger partial charge is 0.127 e. The molecule has 0 amide bonds. The highest BCUT2D eigenvalue weighted by molar-refractivity contribution is 5.87. The minimum atomic E-state index is 0.766. The van der Waals surface area contributed by atoms with Crippen LogP contribution >= 0.6 is 0 Å². The molecule has 0 atom stereocenters. The summed E-state index contributed by atoms with van der Waals surface area (Å²) in [7, 11) is 0. The van der Waals surface area contributed by atoms with Gasteiger partial charge in [-0.05, 0) is 23.9 Å². The zero-order valence-corrected chi connectivity index (χ0v) is 8.29. The van der Waals surface area contributed by atoms with E-state index in [0.717, 1.165) is 24.2 Å². The van der Waals surface area contributed by atoms with E-state index in [1.807, 2.05) is 24.3 Å². The van der Waals surface area contributed by atoms with Gasteiger partial charge in [0, 0.05) is 5.39 Å². The van der Waals surface area contributed by atoms with Gasteiger partial charge in [-0.3, -0.25) is 0 Å². The maximum absolute atomic E-state index is 5.64. The molecule has 14 heavy (non-hydrogen) atoms. The Morgan fingerprint density at radius 1 is 1.21 bits per heavy atom. The summed E-state index contributed by atoms with van der Waals surface area (Å²) in [5, 5.41) is 2.25. The average Bonchev–Trinajstić information content (AvgIpc) is 2.26. The van der Waals surface area contributed by atoms with Crippen molar-refractivity contribution in [2.24, 2.45) is 0 Å². The fourth-order valence-electron chi connectivity index (χ4n) is 1.46. The van der Waals surface area contributed by atoms with Crippen LogP contribution in [0.2, 0.25) is 0 Å². The lowest BCUT2D eigenvalue weighted by Crippen LogP contribution is -1.95. The summed E-state index contributed by atoms with van der Waals surface area (Å²) in [5.74, 6) is 0.935. The lowest BCUT2D eigenvalue weighted by atomic mass is 10.1. The van der Waals surface area contributed by atoms with Crippen molar-refractivity contribution in [2.75, 3.05) is 6.61 Å². The van der Waals surface area contributed by atoms with Crippen LogP contribution in [-0.2, 0) is 0 Å². The standard InChI is InChI=1S/C13H13O/c1-2-10-14-13-9-5-7-11-6-3-4-8-12(11)13/h3-7,9H,2,10H2,1H3. The number of hydrogen-bond acceptors (Lipinski definition) is 1. The number of benzene rings is 2. The second kappa shape index (κ2) is 4.14. The number of ether oxygens (including phenoxy) is 1. The first-order chi connectivity index (χ1) is 6.92. The molecule has 0 unspecified atom stereocenters. The first-order valence-electron chi connectivity index (χ1n) is 4.94. The van der Waals surface area contributed by atoms with Crippen LogP contribution in [0, 0.1) is 6.07 Å². The van der Waals surface area contributed by atoms with Gasteiger partial charge in [-0.1, -0.05) is 37.3 Å². The maximum Gasteiger partial charge on any atom is 0.127 e. The molecule has 0 saturated carbocycles. The van der Waals surface area contributed by atoms with E-state index in [0.29, 0.717) is 0 Å². The molecular formula is C13H13O. The summed E-state index contributed by atoms with van der Waals surface area (Å²) in [6, 6.07) is 15.3. The minimum Gasteiger partial charge on any atom is -0.493 e. The van der Waals surface area contributed by atoms with E-state index in [2.05, 4.69) is 25.1 Å². The van der Waals surface area contributed by atoms with Crippen molar-refractivity contribution < 1.29 is 4.74 Å². The molecule has 0 aliphatic heterocycles. The number of rotatable bonds is 3. The largest absolute Gasteiger partial charge is 0.493 e. The molecule has 2 rings (SSSR count). The molecule has 71 valence electrons. The molecule has 1 radical (unpaired) electrons. The van der Waals surface area contributed by atoms with E-state index in [9.17, 15) is 0 Å². The van der Waals surface area contributed by atoms with Crippen LogP contribution < -0.4 is 4.74 Å². The van der Waals surface area contributed by atoms with Crippen LogP contribution in [0.4, 0.5) is 0 Å². The zero-order valence-electron chi connectivity index (χ0n) is 8.29. The normalized spacial score (nSPS) is 10.4. The Bertz CT molecular complexity index is 415. The van der Waals surface area contributed by atoms with Gasteiger partial charge in [0.2, 0.25) is 0 Å². The van der Waals surface area contributed by atoms with Crippen molar-refractivity contribution in [3.63, 3.8) is 0 Å². The Balaban J connectivity index is 2.43. The van der Waals surface area contributed by atoms with Crippen LogP contribution in [0.3, 0.4) is 0 Å². The van der Waals surface area contributed by atoms with Gasteiger partial charge in [-0.15, -0.1) is 0 Å². The average molecular weight is 185 g/mol. The SMILES string of the molecule is CCCOc1cccc2ccc[c]c12. The highest BCUT2D eigenvalue weighted by atomic mass is 16.5. The quantitative estimate of drug-likeness (QED) is 0.711. The first kappa shape index (κ1) is 9.07. The number of fused-ring (bicyclic) bond motifs is 1. The summed E-state index contributed by atoms with van der Waals surface area (Å²) in [5.41, 5.74) is 0. The van der Waals surface area contributed by atoms with E-state index >= 15 is 0 Å². The van der Waals surface area contributed by atoms with Gasteiger partial charge in [0.1, 0.15) is 5.75 Å². The van der Waals surface area contributed by atoms with Crippen LogP contribution in [-0.4, -0.2) is 6.61 Å². The third-order valence-corrected chi connectivity index (χ3v) is 2.12. The topological polar surface area (TPSA) is 9.23 Å². The van der Waals surface area contributed by atoms with Crippen molar-refractivity contribution in [2.45, 2.75) is 13.3 Å². The van der Waals surface area contributed by atoms with Gasteiger partial charge < -0.3 is 4.74 Å². The molecule has 1 heteroatoms. The molecular weight excluding hydrogens is 172 g/mol. The lowest BCUT2D eigenvalue weighted by Gasteiger charge is -2.07.